The van der Waals surface area contributed by atoms with Crippen molar-refractivity contribution in [3.8, 4) is 0 Å². The first-order chi connectivity index (χ1) is 9.88. The first-order valence-electron chi connectivity index (χ1n) is 7.07. The van der Waals surface area contributed by atoms with Gasteiger partial charge in [0.1, 0.15) is 4.90 Å². The molecular weight excluding hydrogens is 331 g/mol. The van der Waals surface area contributed by atoms with Crippen LogP contribution in [-0.2, 0) is 16.6 Å². The van der Waals surface area contributed by atoms with Crippen LogP contribution < -0.4 is 5.32 Å². The maximum absolute atomic E-state index is 12.7. The van der Waals surface area contributed by atoms with Crippen molar-refractivity contribution in [2.24, 2.45) is 0 Å². The Balaban J connectivity index is 3.31. The van der Waals surface area contributed by atoms with Crippen LogP contribution in [0.25, 0.3) is 0 Å². The van der Waals surface area contributed by atoms with Gasteiger partial charge >= 0.3 is 0 Å². The topological polar surface area (TPSA) is 49.4 Å². The Morgan fingerprint density at radius 3 is 2.38 bits per heavy atom. The van der Waals surface area contributed by atoms with Crippen LogP contribution in [-0.4, -0.2) is 32.4 Å². The van der Waals surface area contributed by atoms with E-state index in [1.807, 2.05) is 20.8 Å². The van der Waals surface area contributed by atoms with Gasteiger partial charge in [-0.3, -0.25) is 0 Å². The molecule has 120 valence electrons. The lowest BCUT2D eigenvalue weighted by Gasteiger charge is -2.21. The molecule has 0 heterocycles. The molecule has 0 amide bonds. The van der Waals surface area contributed by atoms with Gasteiger partial charge in [0.05, 0.1) is 5.02 Å². The molecule has 21 heavy (non-hydrogen) atoms. The molecule has 0 bridgehead atoms. The molecule has 0 aromatic heterocycles. The molecule has 1 aromatic rings. The summed E-state index contributed by atoms with van der Waals surface area (Å²) in [4.78, 5) is 0.0832. The Morgan fingerprint density at radius 1 is 1.19 bits per heavy atom. The standard InChI is InChI=1S/C14H22Cl2N2O2S/c1-4-7-18(6-3)21(19,20)13-9-12(15)8-11(14(13)16)10-17-5-2/h8-9,17H,4-7,10H2,1-3H3. The van der Waals surface area contributed by atoms with Crippen LogP contribution in [0.3, 0.4) is 0 Å². The normalized spacial score (nSPS) is 12.1. The van der Waals surface area contributed by atoms with Gasteiger partial charge < -0.3 is 5.32 Å². The summed E-state index contributed by atoms with van der Waals surface area (Å²) in [6, 6.07) is 3.12. The fourth-order valence-corrected chi connectivity index (χ4v) is 4.48. The quantitative estimate of drug-likeness (QED) is 0.778. The van der Waals surface area contributed by atoms with Gasteiger partial charge in [-0.05, 0) is 30.7 Å². The lowest BCUT2D eigenvalue weighted by atomic mass is 10.2. The van der Waals surface area contributed by atoms with Crippen molar-refractivity contribution in [1.29, 1.82) is 0 Å². The number of hydrogen-bond donors (Lipinski definition) is 1. The van der Waals surface area contributed by atoms with E-state index < -0.39 is 10.0 Å². The summed E-state index contributed by atoms with van der Waals surface area (Å²) in [5, 5.41) is 3.75. The van der Waals surface area contributed by atoms with E-state index in [-0.39, 0.29) is 9.92 Å². The van der Waals surface area contributed by atoms with Crippen LogP contribution in [0.4, 0.5) is 0 Å². The van der Waals surface area contributed by atoms with Crippen LogP contribution in [0.2, 0.25) is 10.0 Å². The number of benzene rings is 1. The van der Waals surface area contributed by atoms with E-state index in [2.05, 4.69) is 5.32 Å². The van der Waals surface area contributed by atoms with Crippen molar-refractivity contribution in [3.63, 3.8) is 0 Å². The molecule has 0 spiro atoms. The maximum Gasteiger partial charge on any atom is 0.244 e. The van der Waals surface area contributed by atoms with Crippen molar-refractivity contribution in [2.45, 2.75) is 38.6 Å². The Hall–Kier alpha value is -0.330. The summed E-state index contributed by atoms with van der Waals surface area (Å²) in [6.07, 6.45) is 0.746. The SMILES string of the molecule is CCCN(CC)S(=O)(=O)c1cc(Cl)cc(CNCC)c1Cl. The molecule has 0 aliphatic carbocycles. The highest BCUT2D eigenvalue weighted by Gasteiger charge is 2.26. The number of rotatable bonds is 8. The van der Waals surface area contributed by atoms with Crippen molar-refractivity contribution < 1.29 is 8.42 Å². The fourth-order valence-electron chi connectivity index (χ4n) is 2.03. The summed E-state index contributed by atoms with van der Waals surface area (Å²) in [7, 11) is -3.62. The maximum atomic E-state index is 12.7. The largest absolute Gasteiger partial charge is 0.313 e. The molecule has 0 saturated carbocycles. The molecule has 0 radical (unpaired) electrons. The van der Waals surface area contributed by atoms with Crippen molar-refractivity contribution in [3.05, 3.63) is 27.7 Å². The van der Waals surface area contributed by atoms with Crippen molar-refractivity contribution >= 4 is 33.2 Å². The summed E-state index contributed by atoms with van der Waals surface area (Å²) in [5.41, 5.74) is 0.692. The van der Waals surface area contributed by atoms with Gasteiger partial charge in [-0.25, -0.2) is 8.42 Å². The molecule has 0 saturated heterocycles. The predicted molar refractivity (Wildman–Crippen MR) is 88.6 cm³/mol. The fraction of sp³-hybridized carbons (Fsp3) is 0.571. The van der Waals surface area contributed by atoms with E-state index in [1.54, 1.807) is 6.07 Å². The van der Waals surface area contributed by atoms with Gasteiger partial charge in [-0.15, -0.1) is 0 Å². The summed E-state index contributed by atoms with van der Waals surface area (Å²) in [6.45, 7) is 7.83. The van der Waals surface area contributed by atoms with E-state index >= 15 is 0 Å². The second-order valence-electron chi connectivity index (χ2n) is 4.65. The molecule has 1 N–H and O–H groups in total. The van der Waals surface area contributed by atoms with Gasteiger partial charge in [0, 0.05) is 24.7 Å². The molecule has 1 rings (SSSR count). The highest BCUT2D eigenvalue weighted by atomic mass is 35.5. The van der Waals surface area contributed by atoms with Gasteiger partial charge in [-0.1, -0.05) is 44.0 Å². The Kier molecular flexibility index (Phi) is 7.44. The minimum Gasteiger partial charge on any atom is -0.313 e. The average Bonchev–Trinajstić information content (AvgIpc) is 2.44. The van der Waals surface area contributed by atoms with Gasteiger partial charge in [0.25, 0.3) is 0 Å². The molecule has 7 heteroatoms. The Bertz CT molecular complexity index is 577. The number of sulfonamides is 1. The molecule has 0 atom stereocenters. The zero-order valence-electron chi connectivity index (χ0n) is 12.6. The van der Waals surface area contributed by atoms with Crippen LogP contribution >= 0.6 is 23.2 Å². The van der Waals surface area contributed by atoms with Crippen LogP contribution in [0.5, 0.6) is 0 Å². The van der Waals surface area contributed by atoms with E-state index in [0.29, 0.717) is 30.2 Å². The third-order valence-electron chi connectivity index (χ3n) is 3.09. The molecule has 4 nitrogen and oxygen atoms in total. The molecule has 0 aliphatic rings. The number of hydrogen-bond acceptors (Lipinski definition) is 3. The molecular formula is C14H22Cl2N2O2S. The van der Waals surface area contributed by atoms with E-state index in [9.17, 15) is 8.42 Å². The minimum absolute atomic E-state index is 0.0832. The summed E-state index contributed by atoms with van der Waals surface area (Å²) >= 11 is 12.4. The zero-order chi connectivity index (χ0) is 16.0. The van der Waals surface area contributed by atoms with E-state index in [1.165, 1.54) is 10.4 Å². The molecule has 1 aromatic carbocycles. The first-order valence-corrected chi connectivity index (χ1v) is 9.26. The third kappa shape index (κ3) is 4.57. The van der Waals surface area contributed by atoms with Gasteiger partial charge in [0.15, 0.2) is 0 Å². The van der Waals surface area contributed by atoms with E-state index in [4.69, 9.17) is 23.2 Å². The Labute approximate surface area is 137 Å². The molecule has 0 unspecified atom stereocenters. The van der Waals surface area contributed by atoms with Crippen molar-refractivity contribution in [2.75, 3.05) is 19.6 Å². The number of nitrogens with zero attached hydrogens (tertiary/aromatic N) is 1. The second-order valence-corrected chi connectivity index (χ2v) is 7.37. The predicted octanol–water partition coefficient (Wildman–Crippen LogP) is 3.52. The van der Waals surface area contributed by atoms with Crippen LogP contribution in [0.1, 0.15) is 32.8 Å². The summed E-state index contributed by atoms with van der Waals surface area (Å²) < 4.78 is 26.8. The number of nitrogens with one attached hydrogen (secondary N) is 1. The van der Waals surface area contributed by atoms with Crippen LogP contribution in [0.15, 0.2) is 17.0 Å². The monoisotopic (exact) mass is 352 g/mol. The molecule has 0 fully saturated rings. The van der Waals surface area contributed by atoms with Gasteiger partial charge in [-0.2, -0.15) is 4.31 Å². The van der Waals surface area contributed by atoms with Gasteiger partial charge in [0.2, 0.25) is 10.0 Å². The smallest absolute Gasteiger partial charge is 0.244 e. The Morgan fingerprint density at radius 2 is 1.86 bits per heavy atom. The van der Waals surface area contributed by atoms with Crippen molar-refractivity contribution in [1.82, 2.24) is 9.62 Å². The minimum atomic E-state index is -3.62. The van der Waals surface area contributed by atoms with Crippen LogP contribution in [0, 0.1) is 0 Å². The second kappa shape index (κ2) is 8.34. The third-order valence-corrected chi connectivity index (χ3v) is 5.86. The number of halogens is 2. The molecule has 0 aliphatic heterocycles. The lowest BCUT2D eigenvalue weighted by Crippen LogP contribution is -2.32. The summed E-state index contributed by atoms with van der Waals surface area (Å²) in [5.74, 6) is 0. The lowest BCUT2D eigenvalue weighted by molar-refractivity contribution is 0.427. The first kappa shape index (κ1) is 18.7. The zero-order valence-corrected chi connectivity index (χ0v) is 14.9. The average molecular weight is 353 g/mol. The highest BCUT2D eigenvalue weighted by molar-refractivity contribution is 7.89. The van der Waals surface area contributed by atoms with E-state index in [0.717, 1.165) is 13.0 Å². The highest BCUT2D eigenvalue weighted by Crippen LogP contribution is 2.31.